The highest BCUT2D eigenvalue weighted by Crippen LogP contribution is 2.14. The fourth-order valence-corrected chi connectivity index (χ4v) is 6.77. The number of carbonyl (C=O) groups is 3. The molecule has 0 aromatic heterocycles. The van der Waals surface area contributed by atoms with E-state index < -0.39 is 6.10 Å². The monoisotopic (exact) mass is 825 g/mol. The van der Waals surface area contributed by atoms with Crippen LogP contribution >= 0.6 is 0 Å². The molecule has 0 radical (unpaired) electrons. The van der Waals surface area contributed by atoms with Crippen LogP contribution in [0, 0.1) is 0 Å². The van der Waals surface area contributed by atoms with Crippen LogP contribution in [0.3, 0.4) is 0 Å². The standard InChI is InChI=1S/C53H92O6/c1-4-7-10-13-16-19-21-22-23-24-25-26-27-28-29-30-32-34-37-40-43-46-52(55)58-49-50(48-57-51(54)45-42-39-36-33-18-15-12-9-6-3)59-53(56)47-44-41-38-35-31-20-17-14-11-8-5-2/h7,10,14,16-17,19,22-23,25-26,50H,4-6,8-9,11-13,15,18,20-21,24,27-49H2,1-3H3/b10-7-,17-14-,19-16-,23-22-,26-25-. The number of hydrogen-bond acceptors (Lipinski definition) is 6. The van der Waals surface area contributed by atoms with Gasteiger partial charge in [-0.2, -0.15) is 0 Å². The first-order valence-corrected chi connectivity index (χ1v) is 24.8. The van der Waals surface area contributed by atoms with E-state index in [1.165, 1.54) is 96.3 Å². The van der Waals surface area contributed by atoms with Gasteiger partial charge in [-0.1, -0.05) is 204 Å². The van der Waals surface area contributed by atoms with E-state index in [2.05, 4.69) is 81.5 Å². The third-order valence-corrected chi connectivity index (χ3v) is 10.5. The Hall–Kier alpha value is -2.89. The Morgan fingerprint density at radius 1 is 0.356 bits per heavy atom. The Labute approximate surface area is 364 Å². The molecule has 0 heterocycles. The number of unbranched alkanes of at least 4 members (excludes halogenated alkanes) is 23. The molecule has 0 rings (SSSR count). The Bertz CT molecular complexity index is 1090. The number of esters is 3. The van der Waals surface area contributed by atoms with Crippen molar-refractivity contribution in [2.24, 2.45) is 0 Å². The topological polar surface area (TPSA) is 78.9 Å². The molecule has 0 bridgehead atoms. The molecule has 0 aliphatic rings. The molecule has 0 N–H and O–H groups in total. The maximum absolute atomic E-state index is 12.7. The van der Waals surface area contributed by atoms with E-state index >= 15 is 0 Å². The summed E-state index contributed by atoms with van der Waals surface area (Å²) in [5, 5.41) is 0. The number of hydrogen-bond donors (Lipinski definition) is 0. The summed E-state index contributed by atoms with van der Waals surface area (Å²) in [5.41, 5.74) is 0. The summed E-state index contributed by atoms with van der Waals surface area (Å²) in [6.45, 7) is 6.45. The summed E-state index contributed by atoms with van der Waals surface area (Å²) in [7, 11) is 0. The van der Waals surface area contributed by atoms with Crippen LogP contribution < -0.4 is 0 Å². The highest BCUT2D eigenvalue weighted by Gasteiger charge is 2.19. The first-order chi connectivity index (χ1) is 29.0. The zero-order valence-electron chi connectivity index (χ0n) is 38.8. The van der Waals surface area contributed by atoms with Crippen LogP contribution in [0.2, 0.25) is 0 Å². The van der Waals surface area contributed by atoms with Crippen LogP contribution in [-0.2, 0) is 28.6 Å². The molecule has 1 unspecified atom stereocenters. The molecule has 0 amide bonds. The quantitative estimate of drug-likeness (QED) is 0.0263. The zero-order chi connectivity index (χ0) is 43.0. The molecule has 0 aliphatic heterocycles. The normalized spacial score (nSPS) is 12.5. The molecule has 340 valence electrons. The van der Waals surface area contributed by atoms with Gasteiger partial charge in [0.15, 0.2) is 6.10 Å². The average molecular weight is 825 g/mol. The lowest BCUT2D eigenvalue weighted by Gasteiger charge is -2.18. The summed E-state index contributed by atoms with van der Waals surface area (Å²) in [4.78, 5) is 37.8. The second-order valence-electron chi connectivity index (χ2n) is 16.3. The molecule has 0 saturated heterocycles. The fourth-order valence-electron chi connectivity index (χ4n) is 6.77. The van der Waals surface area contributed by atoms with Crippen molar-refractivity contribution in [1.29, 1.82) is 0 Å². The molecule has 6 nitrogen and oxygen atoms in total. The predicted molar refractivity (Wildman–Crippen MR) is 251 cm³/mol. The van der Waals surface area contributed by atoms with Crippen molar-refractivity contribution in [3.63, 3.8) is 0 Å². The predicted octanol–water partition coefficient (Wildman–Crippen LogP) is 16.1. The first kappa shape index (κ1) is 56.1. The van der Waals surface area contributed by atoms with E-state index in [4.69, 9.17) is 14.2 Å². The Morgan fingerprint density at radius 2 is 0.678 bits per heavy atom. The molecular formula is C53H92O6. The third-order valence-electron chi connectivity index (χ3n) is 10.5. The first-order valence-electron chi connectivity index (χ1n) is 24.8. The van der Waals surface area contributed by atoms with Gasteiger partial charge in [0.05, 0.1) is 0 Å². The summed E-state index contributed by atoms with van der Waals surface area (Å²) in [6, 6.07) is 0. The Kier molecular flexibility index (Phi) is 45.4. The van der Waals surface area contributed by atoms with Crippen molar-refractivity contribution in [2.45, 2.75) is 245 Å². The van der Waals surface area contributed by atoms with Crippen LogP contribution in [0.1, 0.15) is 239 Å². The molecule has 0 aromatic rings. The van der Waals surface area contributed by atoms with Crippen LogP contribution in [0.15, 0.2) is 60.8 Å². The number of ether oxygens (including phenoxy) is 3. The highest BCUT2D eigenvalue weighted by molar-refractivity contribution is 5.71. The summed E-state index contributed by atoms with van der Waals surface area (Å²) in [6.07, 6.45) is 57.8. The summed E-state index contributed by atoms with van der Waals surface area (Å²) < 4.78 is 16.7. The van der Waals surface area contributed by atoms with E-state index in [1.54, 1.807) is 0 Å². The van der Waals surface area contributed by atoms with E-state index in [9.17, 15) is 14.4 Å². The minimum atomic E-state index is -0.777. The minimum Gasteiger partial charge on any atom is -0.462 e. The van der Waals surface area contributed by atoms with Gasteiger partial charge in [0.2, 0.25) is 0 Å². The Morgan fingerprint density at radius 3 is 1.10 bits per heavy atom. The molecule has 0 saturated carbocycles. The lowest BCUT2D eigenvalue weighted by Crippen LogP contribution is -2.30. The van der Waals surface area contributed by atoms with Crippen molar-refractivity contribution < 1.29 is 28.6 Å². The third kappa shape index (κ3) is 46.0. The lowest BCUT2D eigenvalue weighted by molar-refractivity contribution is -0.167. The van der Waals surface area contributed by atoms with Gasteiger partial charge >= 0.3 is 17.9 Å². The number of carbonyl (C=O) groups excluding carboxylic acids is 3. The van der Waals surface area contributed by atoms with Gasteiger partial charge in [-0.05, 0) is 77.0 Å². The van der Waals surface area contributed by atoms with E-state index in [1.807, 2.05) is 0 Å². The maximum Gasteiger partial charge on any atom is 0.306 e. The zero-order valence-corrected chi connectivity index (χ0v) is 38.8. The fraction of sp³-hybridized carbons (Fsp3) is 0.755. The average Bonchev–Trinajstić information content (AvgIpc) is 3.23. The minimum absolute atomic E-state index is 0.0789. The van der Waals surface area contributed by atoms with Crippen molar-refractivity contribution >= 4 is 17.9 Å². The van der Waals surface area contributed by atoms with Crippen molar-refractivity contribution in [2.75, 3.05) is 13.2 Å². The van der Waals surface area contributed by atoms with Crippen molar-refractivity contribution in [3.05, 3.63) is 60.8 Å². The summed E-state index contributed by atoms with van der Waals surface area (Å²) >= 11 is 0. The number of allylic oxidation sites excluding steroid dienone is 10. The van der Waals surface area contributed by atoms with E-state index in [0.29, 0.717) is 19.3 Å². The smallest absolute Gasteiger partial charge is 0.306 e. The molecule has 0 spiro atoms. The van der Waals surface area contributed by atoms with Gasteiger partial charge in [0.1, 0.15) is 13.2 Å². The Balaban J connectivity index is 4.27. The van der Waals surface area contributed by atoms with Crippen LogP contribution in [-0.4, -0.2) is 37.2 Å². The molecule has 59 heavy (non-hydrogen) atoms. The molecule has 6 heteroatoms. The molecule has 1 atom stereocenters. The maximum atomic E-state index is 12.7. The molecular weight excluding hydrogens is 733 g/mol. The van der Waals surface area contributed by atoms with Crippen LogP contribution in [0.5, 0.6) is 0 Å². The van der Waals surface area contributed by atoms with Gasteiger partial charge in [-0.25, -0.2) is 0 Å². The molecule has 0 fully saturated rings. The van der Waals surface area contributed by atoms with Gasteiger partial charge in [-0.3, -0.25) is 14.4 Å². The van der Waals surface area contributed by atoms with Crippen molar-refractivity contribution in [3.8, 4) is 0 Å². The SMILES string of the molecule is CC/C=C\C/C=C\C/C=C\C/C=C\CCCCCCCCCCC(=O)OCC(COC(=O)CCCCCCCCCCC)OC(=O)CCCCCCC/C=C\CCCC. The van der Waals surface area contributed by atoms with Gasteiger partial charge in [-0.15, -0.1) is 0 Å². The van der Waals surface area contributed by atoms with Crippen LogP contribution in [0.25, 0.3) is 0 Å². The summed E-state index contributed by atoms with van der Waals surface area (Å²) in [5.74, 6) is -0.899. The second kappa shape index (κ2) is 47.8. The van der Waals surface area contributed by atoms with Gasteiger partial charge in [0, 0.05) is 19.3 Å². The largest absolute Gasteiger partial charge is 0.462 e. The molecule has 0 aliphatic carbocycles. The number of rotatable bonds is 44. The van der Waals surface area contributed by atoms with Crippen molar-refractivity contribution in [1.82, 2.24) is 0 Å². The lowest BCUT2D eigenvalue weighted by atomic mass is 10.1. The molecule has 0 aromatic carbocycles. The van der Waals surface area contributed by atoms with Gasteiger partial charge < -0.3 is 14.2 Å². The highest BCUT2D eigenvalue weighted by atomic mass is 16.6. The van der Waals surface area contributed by atoms with E-state index in [-0.39, 0.29) is 31.1 Å². The van der Waals surface area contributed by atoms with Gasteiger partial charge in [0.25, 0.3) is 0 Å². The van der Waals surface area contributed by atoms with E-state index in [0.717, 1.165) is 103 Å². The second-order valence-corrected chi connectivity index (χ2v) is 16.3. The van der Waals surface area contributed by atoms with Crippen LogP contribution in [0.4, 0.5) is 0 Å².